The maximum absolute atomic E-state index is 12.9. The van der Waals surface area contributed by atoms with Crippen molar-refractivity contribution in [3.8, 4) is 5.75 Å². The molecule has 0 atom stereocenters. The summed E-state index contributed by atoms with van der Waals surface area (Å²) in [5, 5.41) is 0. The smallest absolute Gasteiger partial charge is 0.148 e. The number of methoxy groups -OCH3 is 1. The molecule has 1 spiro atoms. The van der Waals surface area contributed by atoms with Gasteiger partial charge in [-0.3, -0.25) is 9.59 Å². The van der Waals surface area contributed by atoms with Gasteiger partial charge >= 0.3 is 0 Å². The number of hydrogen-bond donors (Lipinski definition) is 1. The average molecular weight is 331 g/mol. The molecule has 2 fully saturated rings. The van der Waals surface area contributed by atoms with Crippen LogP contribution in [-0.2, 0) is 14.3 Å². The second-order valence-electron chi connectivity index (χ2n) is 7.29. The minimum Gasteiger partial charge on any atom is -0.412 e. The zero-order valence-corrected chi connectivity index (χ0v) is 14.3. The van der Waals surface area contributed by atoms with Crippen LogP contribution in [0.3, 0.4) is 0 Å². The molecule has 0 aliphatic heterocycles. The highest BCUT2D eigenvalue weighted by Crippen LogP contribution is 2.49. The zero-order valence-electron chi connectivity index (χ0n) is 14.3. The van der Waals surface area contributed by atoms with Gasteiger partial charge in [-0.25, -0.2) is 0 Å². The van der Waals surface area contributed by atoms with Crippen molar-refractivity contribution in [2.75, 3.05) is 7.11 Å². The van der Waals surface area contributed by atoms with E-state index in [1.54, 1.807) is 19.2 Å². The largest absolute Gasteiger partial charge is 0.412 e. The molecule has 3 rings (SSSR count). The molecule has 130 valence electrons. The number of carbonyl (C=O) groups excluding carboxylic acids is 2. The molecule has 0 bridgehead atoms. The zero-order chi connectivity index (χ0) is 17.3. The summed E-state index contributed by atoms with van der Waals surface area (Å²) in [5.74, 6) is 5.07. The second-order valence-corrected chi connectivity index (χ2v) is 7.29. The van der Waals surface area contributed by atoms with E-state index in [2.05, 4.69) is 0 Å². The Morgan fingerprint density at radius 1 is 1.12 bits per heavy atom. The van der Waals surface area contributed by atoms with Crippen LogP contribution in [0.25, 0.3) is 0 Å². The van der Waals surface area contributed by atoms with Gasteiger partial charge in [0.1, 0.15) is 23.2 Å². The molecule has 5 nitrogen and oxygen atoms in total. The van der Waals surface area contributed by atoms with Crippen molar-refractivity contribution in [2.24, 2.45) is 11.3 Å². The van der Waals surface area contributed by atoms with Crippen LogP contribution in [0, 0.1) is 12.3 Å². The minimum absolute atomic E-state index is 0.0272. The number of carbonyl (C=O) groups is 2. The van der Waals surface area contributed by atoms with Gasteiger partial charge in [0.25, 0.3) is 0 Å². The van der Waals surface area contributed by atoms with Gasteiger partial charge in [0, 0.05) is 20.0 Å². The highest BCUT2D eigenvalue weighted by atomic mass is 16.6. The summed E-state index contributed by atoms with van der Waals surface area (Å²) in [5.41, 5.74) is 1.49. The van der Waals surface area contributed by atoms with Crippen molar-refractivity contribution >= 4 is 11.6 Å². The first-order chi connectivity index (χ1) is 11.5. The summed E-state index contributed by atoms with van der Waals surface area (Å²) in [6.07, 6.45) is 4.86. The molecule has 24 heavy (non-hydrogen) atoms. The maximum Gasteiger partial charge on any atom is 0.148 e. The Labute approximate surface area is 142 Å². The molecule has 2 aliphatic carbocycles. The van der Waals surface area contributed by atoms with E-state index in [9.17, 15) is 9.59 Å². The Kier molecular flexibility index (Phi) is 4.74. The summed E-state index contributed by atoms with van der Waals surface area (Å²) in [6, 6.07) is 5.30. The van der Waals surface area contributed by atoms with E-state index in [0.29, 0.717) is 18.6 Å². The summed E-state index contributed by atoms with van der Waals surface area (Å²) in [4.78, 5) is 30.5. The van der Waals surface area contributed by atoms with E-state index >= 15 is 0 Å². The van der Waals surface area contributed by atoms with Crippen LogP contribution in [0.2, 0.25) is 0 Å². The van der Waals surface area contributed by atoms with Crippen molar-refractivity contribution in [2.45, 2.75) is 57.5 Å². The van der Waals surface area contributed by atoms with Gasteiger partial charge in [0.05, 0.1) is 6.10 Å². The topological polar surface area (TPSA) is 78.6 Å². The second kappa shape index (κ2) is 6.65. The van der Waals surface area contributed by atoms with Crippen LogP contribution in [0.1, 0.15) is 55.6 Å². The quantitative estimate of drug-likeness (QED) is 0.680. The Balaban J connectivity index is 1.82. The third-order valence-electron chi connectivity index (χ3n) is 5.77. The van der Waals surface area contributed by atoms with Gasteiger partial charge in [-0.2, -0.15) is 5.90 Å². The first-order valence-corrected chi connectivity index (χ1v) is 8.53. The lowest BCUT2D eigenvalue weighted by atomic mass is 9.61. The number of benzene rings is 1. The first kappa shape index (κ1) is 17.1. The number of rotatable bonds is 3. The van der Waals surface area contributed by atoms with E-state index in [4.69, 9.17) is 15.5 Å². The van der Waals surface area contributed by atoms with E-state index in [0.717, 1.165) is 36.8 Å². The van der Waals surface area contributed by atoms with Crippen LogP contribution >= 0.6 is 0 Å². The highest BCUT2D eigenvalue weighted by Gasteiger charge is 2.47. The van der Waals surface area contributed by atoms with E-state index in [1.165, 1.54) is 0 Å². The average Bonchev–Trinajstić information content (AvgIpc) is 2.56. The van der Waals surface area contributed by atoms with Crippen LogP contribution in [0.15, 0.2) is 18.2 Å². The number of nitrogens with two attached hydrogens (primary N) is 1. The molecule has 0 amide bonds. The Morgan fingerprint density at radius 2 is 1.75 bits per heavy atom. The third kappa shape index (κ3) is 3.10. The molecule has 0 aromatic heterocycles. The van der Waals surface area contributed by atoms with E-state index < -0.39 is 5.92 Å². The molecule has 2 aliphatic rings. The van der Waals surface area contributed by atoms with Crippen LogP contribution < -0.4 is 10.7 Å². The maximum atomic E-state index is 12.9. The van der Waals surface area contributed by atoms with Gasteiger partial charge in [0.2, 0.25) is 0 Å². The molecular formula is C19H25NO4. The molecule has 1 aromatic rings. The molecule has 2 N–H and O–H groups in total. The lowest BCUT2D eigenvalue weighted by Gasteiger charge is -2.43. The number of ketones is 2. The third-order valence-corrected chi connectivity index (χ3v) is 5.77. The molecular weight excluding hydrogens is 306 g/mol. The lowest BCUT2D eigenvalue weighted by molar-refractivity contribution is -0.138. The molecule has 0 unspecified atom stereocenters. The monoisotopic (exact) mass is 331 g/mol. The van der Waals surface area contributed by atoms with Gasteiger partial charge in [-0.15, -0.1) is 0 Å². The summed E-state index contributed by atoms with van der Waals surface area (Å²) >= 11 is 0. The van der Waals surface area contributed by atoms with Crippen molar-refractivity contribution in [1.82, 2.24) is 0 Å². The van der Waals surface area contributed by atoms with Crippen LogP contribution in [0.4, 0.5) is 0 Å². The number of ether oxygens (including phenoxy) is 1. The first-order valence-electron chi connectivity index (χ1n) is 8.53. The van der Waals surface area contributed by atoms with Crippen molar-refractivity contribution in [1.29, 1.82) is 0 Å². The molecule has 1 aromatic carbocycles. The van der Waals surface area contributed by atoms with Crippen molar-refractivity contribution in [3.63, 3.8) is 0 Å². The predicted octanol–water partition coefficient (Wildman–Crippen LogP) is 2.84. The SMILES string of the molecule is COC1CCC2(CC1)CC(=O)C(c1cc(ON)ccc1C)C(=O)C2. The highest BCUT2D eigenvalue weighted by molar-refractivity contribution is 6.10. The van der Waals surface area contributed by atoms with Crippen LogP contribution in [-0.4, -0.2) is 24.8 Å². The fourth-order valence-corrected chi connectivity index (χ4v) is 4.33. The molecule has 0 heterocycles. The van der Waals surface area contributed by atoms with E-state index in [1.807, 2.05) is 13.0 Å². The minimum atomic E-state index is -0.675. The van der Waals surface area contributed by atoms with Gasteiger partial charge in [-0.1, -0.05) is 6.07 Å². The fraction of sp³-hybridized carbons (Fsp3) is 0.579. The number of Topliss-reactive ketones (excluding diaryl/α,β-unsaturated/α-hetero) is 2. The summed E-state index contributed by atoms with van der Waals surface area (Å²) in [7, 11) is 1.73. The standard InChI is InChI=1S/C19H25NO4/c1-12-3-4-14(24-20)9-15(12)18-16(21)10-19(11-17(18)22)7-5-13(23-2)6-8-19/h3-4,9,13,18H,5-8,10-11,20H2,1-2H3. The van der Waals surface area contributed by atoms with Gasteiger partial charge in [-0.05, 0) is 61.3 Å². The normalized spacial score (nSPS) is 30.6. The van der Waals surface area contributed by atoms with Gasteiger partial charge < -0.3 is 9.57 Å². The van der Waals surface area contributed by atoms with Gasteiger partial charge in [0.15, 0.2) is 0 Å². The predicted molar refractivity (Wildman–Crippen MR) is 89.7 cm³/mol. The molecule has 0 radical (unpaired) electrons. The van der Waals surface area contributed by atoms with Crippen LogP contribution in [0.5, 0.6) is 5.75 Å². The fourth-order valence-electron chi connectivity index (χ4n) is 4.33. The number of aryl methyl sites for hydroxylation is 1. The number of hydrogen-bond acceptors (Lipinski definition) is 5. The Morgan fingerprint density at radius 3 is 2.29 bits per heavy atom. The van der Waals surface area contributed by atoms with Crippen molar-refractivity contribution in [3.05, 3.63) is 29.3 Å². The Bertz CT molecular complexity index is 627. The lowest BCUT2D eigenvalue weighted by Crippen LogP contribution is -2.42. The summed E-state index contributed by atoms with van der Waals surface area (Å²) < 4.78 is 5.41. The molecule has 5 heteroatoms. The van der Waals surface area contributed by atoms with E-state index in [-0.39, 0.29) is 23.1 Å². The Hall–Kier alpha value is -1.72. The summed E-state index contributed by atoms with van der Waals surface area (Å²) in [6.45, 7) is 1.91. The molecule has 2 saturated carbocycles. The molecule has 0 saturated heterocycles. The van der Waals surface area contributed by atoms with Crippen molar-refractivity contribution < 1.29 is 19.2 Å².